The van der Waals surface area contributed by atoms with Gasteiger partial charge in [0, 0.05) is 11.1 Å². The van der Waals surface area contributed by atoms with E-state index in [4.69, 9.17) is 9.26 Å². The zero-order valence-corrected chi connectivity index (χ0v) is 15.0. The number of Topliss-reactive ketones (excluding diaryl/α,β-unsaturated/α-hetero) is 1. The standard InChI is InChI=1S/C19H23NO4/c1-10-7-12(3)16(8-11(10)2)19(22)15(6)23-18(21)9-17-13(4)20-24-14(17)5/h7-8,15H,9H2,1-6H3. The van der Waals surface area contributed by atoms with Crippen molar-refractivity contribution in [2.45, 2.75) is 54.1 Å². The highest BCUT2D eigenvalue weighted by Gasteiger charge is 2.23. The fourth-order valence-corrected chi connectivity index (χ4v) is 2.64. The topological polar surface area (TPSA) is 69.4 Å². The summed E-state index contributed by atoms with van der Waals surface area (Å²) in [4.78, 5) is 24.7. The molecule has 0 saturated heterocycles. The predicted molar refractivity (Wildman–Crippen MR) is 90.2 cm³/mol. The van der Waals surface area contributed by atoms with Crippen LogP contribution in [0.4, 0.5) is 0 Å². The molecule has 2 rings (SSSR count). The molecule has 0 N–H and O–H groups in total. The maximum atomic E-state index is 12.6. The normalized spacial score (nSPS) is 12.1. The number of ether oxygens (including phenoxy) is 1. The van der Waals surface area contributed by atoms with E-state index in [2.05, 4.69) is 5.16 Å². The van der Waals surface area contributed by atoms with Crippen LogP contribution in [0.25, 0.3) is 0 Å². The summed E-state index contributed by atoms with van der Waals surface area (Å²) in [6, 6.07) is 3.83. The molecular formula is C19H23NO4. The van der Waals surface area contributed by atoms with Gasteiger partial charge in [-0.25, -0.2) is 0 Å². The van der Waals surface area contributed by atoms with Gasteiger partial charge in [0.15, 0.2) is 6.10 Å². The molecule has 5 nitrogen and oxygen atoms in total. The molecule has 0 aliphatic carbocycles. The smallest absolute Gasteiger partial charge is 0.311 e. The van der Waals surface area contributed by atoms with Crippen LogP contribution >= 0.6 is 0 Å². The number of carbonyl (C=O) groups excluding carboxylic acids is 2. The second-order valence-corrected chi connectivity index (χ2v) is 6.23. The molecule has 1 unspecified atom stereocenters. The van der Waals surface area contributed by atoms with Crippen molar-refractivity contribution < 1.29 is 18.8 Å². The number of carbonyl (C=O) groups is 2. The van der Waals surface area contributed by atoms with Gasteiger partial charge in [0.1, 0.15) is 5.76 Å². The number of nitrogens with zero attached hydrogens (tertiary/aromatic N) is 1. The van der Waals surface area contributed by atoms with Crippen LogP contribution in [0.3, 0.4) is 0 Å². The van der Waals surface area contributed by atoms with Crippen LogP contribution in [0.2, 0.25) is 0 Å². The molecule has 1 atom stereocenters. The zero-order valence-electron chi connectivity index (χ0n) is 15.0. The van der Waals surface area contributed by atoms with Crippen molar-refractivity contribution >= 4 is 11.8 Å². The fourth-order valence-electron chi connectivity index (χ4n) is 2.64. The van der Waals surface area contributed by atoms with Crippen LogP contribution in [0, 0.1) is 34.6 Å². The molecule has 0 saturated carbocycles. The summed E-state index contributed by atoms with van der Waals surface area (Å²) in [5.41, 5.74) is 5.02. The minimum Gasteiger partial charge on any atom is -0.454 e. The molecule has 0 aliphatic heterocycles. The molecule has 0 spiro atoms. The Labute approximate surface area is 142 Å². The number of ketones is 1. The predicted octanol–water partition coefficient (Wildman–Crippen LogP) is 3.57. The molecule has 24 heavy (non-hydrogen) atoms. The zero-order chi connectivity index (χ0) is 18.0. The molecule has 1 heterocycles. The Morgan fingerprint density at radius 2 is 1.71 bits per heavy atom. The van der Waals surface area contributed by atoms with E-state index in [1.54, 1.807) is 20.8 Å². The average Bonchev–Trinajstić information content (AvgIpc) is 2.82. The lowest BCUT2D eigenvalue weighted by atomic mass is 9.96. The van der Waals surface area contributed by atoms with E-state index >= 15 is 0 Å². The SMILES string of the molecule is Cc1cc(C)c(C(=O)C(C)OC(=O)Cc2c(C)noc2C)cc1C. The van der Waals surface area contributed by atoms with Crippen molar-refractivity contribution in [1.82, 2.24) is 5.16 Å². The Morgan fingerprint density at radius 1 is 1.08 bits per heavy atom. The molecule has 128 valence electrons. The minimum atomic E-state index is -0.834. The van der Waals surface area contributed by atoms with Crippen LogP contribution in [-0.2, 0) is 16.0 Å². The number of hydrogen-bond acceptors (Lipinski definition) is 5. The van der Waals surface area contributed by atoms with E-state index in [1.165, 1.54) is 0 Å². The third kappa shape index (κ3) is 3.72. The summed E-state index contributed by atoms with van der Waals surface area (Å²) in [5, 5.41) is 3.81. The molecule has 5 heteroatoms. The van der Waals surface area contributed by atoms with Gasteiger partial charge in [-0.2, -0.15) is 0 Å². The van der Waals surface area contributed by atoms with Gasteiger partial charge in [-0.1, -0.05) is 11.2 Å². The van der Waals surface area contributed by atoms with Gasteiger partial charge in [-0.15, -0.1) is 0 Å². The average molecular weight is 329 g/mol. The van der Waals surface area contributed by atoms with Crippen molar-refractivity contribution in [2.24, 2.45) is 0 Å². The first-order valence-corrected chi connectivity index (χ1v) is 7.94. The Bertz CT molecular complexity index is 769. The molecule has 0 aliphatic rings. The third-order valence-corrected chi connectivity index (χ3v) is 4.29. The molecule has 2 aromatic rings. The number of aryl methyl sites for hydroxylation is 5. The molecule has 0 amide bonds. The van der Waals surface area contributed by atoms with Crippen molar-refractivity contribution in [2.75, 3.05) is 0 Å². The van der Waals surface area contributed by atoms with Crippen LogP contribution in [0.5, 0.6) is 0 Å². The molecule has 1 aromatic carbocycles. The number of hydrogen-bond donors (Lipinski definition) is 0. The van der Waals surface area contributed by atoms with E-state index in [9.17, 15) is 9.59 Å². The van der Waals surface area contributed by atoms with Crippen molar-refractivity contribution in [3.63, 3.8) is 0 Å². The summed E-state index contributed by atoms with van der Waals surface area (Å²) >= 11 is 0. The van der Waals surface area contributed by atoms with Crippen molar-refractivity contribution in [3.05, 3.63) is 51.4 Å². The Morgan fingerprint density at radius 3 is 2.29 bits per heavy atom. The monoisotopic (exact) mass is 329 g/mol. The van der Waals surface area contributed by atoms with E-state index in [0.29, 0.717) is 22.6 Å². The maximum Gasteiger partial charge on any atom is 0.311 e. The van der Waals surface area contributed by atoms with Gasteiger partial charge in [-0.3, -0.25) is 9.59 Å². The quantitative estimate of drug-likeness (QED) is 0.619. The van der Waals surface area contributed by atoms with E-state index in [-0.39, 0.29) is 12.2 Å². The Balaban J connectivity index is 2.09. The lowest BCUT2D eigenvalue weighted by molar-refractivity contribution is -0.145. The third-order valence-electron chi connectivity index (χ3n) is 4.29. The fraction of sp³-hybridized carbons (Fsp3) is 0.421. The highest BCUT2D eigenvalue weighted by molar-refractivity contribution is 6.01. The number of aromatic nitrogens is 1. The summed E-state index contributed by atoms with van der Waals surface area (Å²) in [6.07, 6.45) is -0.788. The van der Waals surface area contributed by atoms with Crippen molar-refractivity contribution in [3.8, 4) is 0 Å². The molecular weight excluding hydrogens is 306 g/mol. The van der Waals surface area contributed by atoms with Crippen LogP contribution in [0.15, 0.2) is 16.7 Å². The lowest BCUT2D eigenvalue weighted by Crippen LogP contribution is -2.26. The summed E-state index contributed by atoms with van der Waals surface area (Å²) in [5.74, 6) is -0.0668. The van der Waals surface area contributed by atoms with Crippen LogP contribution in [-0.4, -0.2) is 23.0 Å². The second-order valence-electron chi connectivity index (χ2n) is 6.23. The first-order chi connectivity index (χ1) is 11.2. The summed E-state index contributed by atoms with van der Waals surface area (Å²) in [6.45, 7) is 11.0. The largest absolute Gasteiger partial charge is 0.454 e. The van der Waals surface area contributed by atoms with E-state index in [1.807, 2.05) is 32.9 Å². The van der Waals surface area contributed by atoms with Gasteiger partial charge in [-0.05, 0) is 64.3 Å². The minimum absolute atomic E-state index is 0.0463. The van der Waals surface area contributed by atoms with E-state index in [0.717, 1.165) is 16.7 Å². The summed E-state index contributed by atoms with van der Waals surface area (Å²) in [7, 11) is 0. The molecule has 1 aromatic heterocycles. The van der Waals surface area contributed by atoms with Gasteiger partial charge in [0.2, 0.25) is 5.78 Å². The van der Waals surface area contributed by atoms with Gasteiger partial charge in [0.25, 0.3) is 0 Å². The first kappa shape index (κ1) is 17.9. The maximum absolute atomic E-state index is 12.6. The molecule has 0 bridgehead atoms. The molecule has 0 radical (unpaired) electrons. The Hall–Kier alpha value is -2.43. The van der Waals surface area contributed by atoms with Gasteiger partial charge >= 0.3 is 5.97 Å². The van der Waals surface area contributed by atoms with Crippen molar-refractivity contribution in [1.29, 1.82) is 0 Å². The van der Waals surface area contributed by atoms with Gasteiger partial charge in [0.05, 0.1) is 12.1 Å². The highest BCUT2D eigenvalue weighted by Crippen LogP contribution is 2.19. The molecule has 0 fully saturated rings. The van der Waals surface area contributed by atoms with Gasteiger partial charge < -0.3 is 9.26 Å². The lowest BCUT2D eigenvalue weighted by Gasteiger charge is -2.15. The summed E-state index contributed by atoms with van der Waals surface area (Å²) < 4.78 is 10.4. The van der Waals surface area contributed by atoms with E-state index < -0.39 is 12.1 Å². The Kier molecular flexibility index (Phi) is 5.22. The van der Waals surface area contributed by atoms with Crippen LogP contribution < -0.4 is 0 Å². The second kappa shape index (κ2) is 6.99. The highest BCUT2D eigenvalue weighted by atomic mass is 16.5. The van der Waals surface area contributed by atoms with Crippen LogP contribution in [0.1, 0.15) is 51.0 Å². The number of esters is 1. The first-order valence-electron chi connectivity index (χ1n) is 7.94. The number of rotatable bonds is 5. The number of benzene rings is 1.